The predicted octanol–water partition coefficient (Wildman–Crippen LogP) is 3.46. The van der Waals surface area contributed by atoms with Gasteiger partial charge in [-0.05, 0) is 70.4 Å². The molecule has 4 atom stereocenters. The number of aryl methyl sites for hydroxylation is 2. The molecule has 1 aliphatic carbocycles. The van der Waals surface area contributed by atoms with Gasteiger partial charge in [0.15, 0.2) is 0 Å². The lowest BCUT2D eigenvalue weighted by molar-refractivity contribution is 0.00131. The number of likely N-dealkylation sites (tertiary alicyclic amines) is 1. The van der Waals surface area contributed by atoms with Crippen LogP contribution in [0.4, 0.5) is 0 Å². The quantitative estimate of drug-likeness (QED) is 0.735. The molecule has 6 rings (SSSR count). The Kier molecular flexibility index (Phi) is 4.79. The zero-order valence-corrected chi connectivity index (χ0v) is 19.5. The summed E-state index contributed by atoms with van der Waals surface area (Å²) in [5, 5.41) is 12.1. The number of H-pyrrole nitrogens is 1. The molecule has 0 aromatic carbocycles. The second kappa shape index (κ2) is 7.58. The average Bonchev–Trinajstić information content (AvgIpc) is 3.37. The van der Waals surface area contributed by atoms with Crippen LogP contribution >= 0.6 is 0 Å². The number of carbonyl (C=O) groups excluding carboxylic acids is 1. The lowest BCUT2D eigenvalue weighted by Gasteiger charge is -2.54. The van der Waals surface area contributed by atoms with Crippen LogP contribution in [0.25, 0.3) is 11.3 Å². The van der Waals surface area contributed by atoms with Crippen molar-refractivity contribution < 1.29 is 4.79 Å². The fourth-order valence-electron chi connectivity index (χ4n) is 7.06. The first kappa shape index (κ1) is 20.2. The van der Waals surface area contributed by atoms with Gasteiger partial charge in [0.25, 0.3) is 5.91 Å². The molecule has 3 fully saturated rings. The van der Waals surface area contributed by atoms with Gasteiger partial charge in [-0.15, -0.1) is 0 Å². The van der Waals surface area contributed by atoms with Gasteiger partial charge in [-0.25, -0.2) is 0 Å². The molecular formula is C25H34N6O. The Balaban J connectivity index is 1.29. The highest BCUT2D eigenvalue weighted by Crippen LogP contribution is 2.45. The SMILES string of the molecule is Cc1nn(C)c(C)c1-c1cc(C(=O)N2CCCC3=C[C@H]4C[C@H](CN5CCCC[C@@H]45)[C@H]32)[nH]n1. The molecule has 2 bridgehead atoms. The number of nitrogens with one attached hydrogen (secondary N) is 1. The van der Waals surface area contributed by atoms with E-state index in [-0.39, 0.29) is 11.9 Å². The van der Waals surface area contributed by atoms with Crippen LogP contribution < -0.4 is 0 Å². The van der Waals surface area contributed by atoms with Gasteiger partial charge in [-0.3, -0.25) is 19.5 Å². The number of hydrogen-bond acceptors (Lipinski definition) is 4. The van der Waals surface area contributed by atoms with Crippen LogP contribution in [0.15, 0.2) is 17.7 Å². The van der Waals surface area contributed by atoms with Crippen molar-refractivity contribution in [3.63, 3.8) is 0 Å². The summed E-state index contributed by atoms with van der Waals surface area (Å²) in [6.07, 6.45) is 10.1. The van der Waals surface area contributed by atoms with Gasteiger partial charge in [-0.2, -0.15) is 10.2 Å². The van der Waals surface area contributed by atoms with Crippen LogP contribution in [0, 0.1) is 25.7 Å². The molecule has 0 unspecified atom stereocenters. The fourth-order valence-corrected chi connectivity index (χ4v) is 7.06. The fraction of sp³-hybridized carbons (Fsp3) is 0.640. The van der Waals surface area contributed by atoms with Gasteiger partial charge in [0.2, 0.25) is 0 Å². The number of aromatic nitrogens is 4. The Bertz CT molecular complexity index is 1080. The van der Waals surface area contributed by atoms with Gasteiger partial charge in [0.05, 0.1) is 17.4 Å². The summed E-state index contributed by atoms with van der Waals surface area (Å²) in [7, 11) is 1.94. The van der Waals surface area contributed by atoms with Crippen molar-refractivity contribution in [3.8, 4) is 11.3 Å². The molecule has 2 aromatic rings. The van der Waals surface area contributed by atoms with Gasteiger partial charge >= 0.3 is 0 Å². The minimum Gasteiger partial charge on any atom is -0.330 e. The van der Waals surface area contributed by atoms with Crippen molar-refractivity contribution in [3.05, 3.63) is 34.8 Å². The smallest absolute Gasteiger partial charge is 0.272 e. The molecule has 7 heteroatoms. The number of nitrogens with zero attached hydrogens (tertiary/aromatic N) is 5. The summed E-state index contributed by atoms with van der Waals surface area (Å²) in [5.41, 5.74) is 5.95. The topological polar surface area (TPSA) is 70.1 Å². The largest absolute Gasteiger partial charge is 0.330 e. The molecule has 5 heterocycles. The van der Waals surface area contributed by atoms with Crippen molar-refractivity contribution in [1.29, 1.82) is 0 Å². The summed E-state index contributed by atoms with van der Waals surface area (Å²) < 4.78 is 1.87. The van der Waals surface area contributed by atoms with Crippen LogP contribution in [0.5, 0.6) is 0 Å². The van der Waals surface area contributed by atoms with Crippen molar-refractivity contribution in [2.75, 3.05) is 19.6 Å². The Morgan fingerprint density at radius 1 is 1.19 bits per heavy atom. The lowest BCUT2D eigenvalue weighted by Crippen LogP contribution is -2.60. The van der Waals surface area contributed by atoms with E-state index in [4.69, 9.17) is 0 Å². The maximum Gasteiger partial charge on any atom is 0.272 e. The van der Waals surface area contributed by atoms with Crippen molar-refractivity contribution in [1.82, 2.24) is 29.8 Å². The van der Waals surface area contributed by atoms with E-state index in [1.807, 2.05) is 31.6 Å². The van der Waals surface area contributed by atoms with Crippen LogP contribution in [0.1, 0.15) is 60.4 Å². The monoisotopic (exact) mass is 434 g/mol. The first-order valence-electron chi connectivity index (χ1n) is 12.3. The number of amides is 1. The molecule has 3 aliphatic heterocycles. The number of aromatic amines is 1. The third kappa shape index (κ3) is 3.08. The zero-order valence-electron chi connectivity index (χ0n) is 19.5. The highest BCUT2D eigenvalue weighted by molar-refractivity contribution is 5.94. The van der Waals surface area contributed by atoms with Crippen molar-refractivity contribution in [2.45, 2.75) is 64.5 Å². The van der Waals surface area contributed by atoms with Gasteiger partial charge < -0.3 is 4.90 Å². The normalized spacial score (nSPS) is 30.0. The van der Waals surface area contributed by atoms with E-state index in [0.29, 0.717) is 17.5 Å². The van der Waals surface area contributed by atoms with E-state index in [1.54, 1.807) is 0 Å². The minimum absolute atomic E-state index is 0.0952. The van der Waals surface area contributed by atoms with Gasteiger partial charge in [-0.1, -0.05) is 18.1 Å². The number of fused-ring (bicyclic) bond motifs is 6. The number of carbonyl (C=O) groups is 1. The van der Waals surface area contributed by atoms with E-state index in [1.165, 1.54) is 37.8 Å². The number of piperidine rings is 3. The summed E-state index contributed by atoms with van der Waals surface area (Å²) in [5.74, 6) is 1.34. The summed E-state index contributed by atoms with van der Waals surface area (Å²) in [4.78, 5) is 18.6. The first-order chi connectivity index (χ1) is 15.5. The predicted molar refractivity (Wildman–Crippen MR) is 123 cm³/mol. The van der Waals surface area contributed by atoms with Crippen molar-refractivity contribution in [2.24, 2.45) is 18.9 Å². The maximum absolute atomic E-state index is 13.7. The molecule has 1 amide bonds. The van der Waals surface area contributed by atoms with Gasteiger partial charge in [0, 0.05) is 37.4 Å². The molecule has 4 aliphatic rings. The Labute approximate surface area is 189 Å². The van der Waals surface area contributed by atoms with Crippen LogP contribution in [-0.2, 0) is 7.05 Å². The molecule has 0 saturated carbocycles. The van der Waals surface area contributed by atoms with Crippen LogP contribution in [-0.4, -0.2) is 67.4 Å². The average molecular weight is 435 g/mol. The molecule has 7 nitrogen and oxygen atoms in total. The van der Waals surface area contributed by atoms with E-state index < -0.39 is 0 Å². The molecule has 32 heavy (non-hydrogen) atoms. The maximum atomic E-state index is 13.7. The molecule has 2 aromatic heterocycles. The van der Waals surface area contributed by atoms with Crippen molar-refractivity contribution >= 4 is 5.91 Å². The molecule has 1 N–H and O–H groups in total. The Morgan fingerprint density at radius 3 is 2.88 bits per heavy atom. The molecule has 0 spiro atoms. The summed E-state index contributed by atoms with van der Waals surface area (Å²) >= 11 is 0. The Hall–Kier alpha value is -2.41. The standard InChI is InChI=1S/C25H34N6O/c1-15-23(16(2)29(3)28-15)20-13-21(27-26-20)25(32)31-10-6-7-17-11-18-12-19(24(17)31)14-30-9-5-4-8-22(18)30/h11,13,18-19,22,24H,4-10,12,14H2,1-3H3,(H,26,27)/t18-,19+,22-,24-/m0/s1. The third-order valence-electron chi connectivity index (χ3n) is 8.49. The van der Waals surface area contributed by atoms with E-state index in [9.17, 15) is 4.79 Å². The van der Waals surface area contributed by atoms with E-state index in [0.717, 1.165) is 54.6 Å². The second-order valence-electron chi connectivity index (χ2n) is 10.3. The number of rotatable bonds is 2. The molecule has 0 radical (unpaired) electrons. The first-order valence-corrected chi connectivity index (χ1v) is 12.3. The Morgan fingerprint density at radius 2 is 2.06 bits per heavy atom. The molecule has 3 saturated heterocycles. The summed E-state index contributed by atoms with van der Waals surface area (Å²) in [6, 6.07) is 2.91. The third-order valence-corrected chi connectivity index (χ3v) is 8.49. The second-order valence-corrected chi connectivity index (χ2v) is 10.3. The van der Waals surface area contributed by atoms with E-state index >= 15 is 0 Å². The van der Waals surface area contributed by atoms with Gasteiger partial charge in [0.1, 0.15) is 5.69 Å². The molecule has 170 valence electrons. The number of hydrogen-bond donors (Lipinski definition) is 1. The summed E-state index contributed by atoms with van der Waals surface area (Å²) in [6.45, 7) is 7.26. The van der Waals surface area contributed by atoms with Crippen LogP contribution in [0.3, 0.4) is 0 Å². The lowest BCUT2D eigenvalue weighted by atomic mass is 9.68. The highest BCUT2D eigenvalue weighted by Gasteiger charge is 2.47. The zero-order chi connectivity index (χ0) is 22.0. The minimum atomic E-state index is 0.0952. The molecular weight excluding hydrogens is 400 g/mol. The highest BCUT2D eigenvalue weighted by atomic mass is 16.2. The van der Waals surface area contributed by atoms with Crippen LogP contribution in [0.2, 0.25) is 0 Å². The van der Waals surface area contributed by atoms with E-state index in [2.05, 4.69) is 31.2 Å².